The number of phenolic OH excluding ortho intramolecular Hbond substituents is 1. The van der Waals surface area contributed by atoms with Gasteiger partial charge in [0.15, 0.2) is 11.6 Å². The highest BCUT2D eigenvalue weighted by molar-refractivity contribution is 5.37. The zero-order valence-corrected chi connectivity index (χ0v) is 15.2. The van der Waals surface area contributed by atoms with Crippen molar-refractivity contribution in [2.75, 3.05) is 6.54 Å². The minimum atomic E-state index is -0.842. The minimum Gasteiger partial charge on any atom is -0.508 e. The molecule has 2 heterocycles. The van der Waals surface area contributed by atoms with Crippen molar-refractivity contribution in [3.05, 3.63) is 88.7 Å². The summed E-state index contributed by atoms with van der Waals surface area (Å²) in [5.74, 6) is -1.43. The highest BCUT2D eigenvalue weighted by atomic mass is 19.2. The van der Waals surface area contributed by atoms with Gasteiger partial charge in [-0.3, -0.25) is 4.90 Å². The number of halogens is 2. The van der Waals surface area contributed by atoms with Gasteiger partial charge < -0.3 is 9.67 Å². The van der Waals surface area contributed by atoms with Crippen LogP contribution in [0.15, 0.2) is 54.7 Å². The van der Waals surface area contributed by atoms with E-state index >= 15 is 0 Å². The fraction of sp³-hybridized carbons (Fsp3) is 0.273. The highest BCUT2D eigenvalue weighted by Crippen LogP contribution is 2.34. The summed E-state index contributed by atoms with van der Waals surface area (Å²) in [6.45, 7) is 4.18. The molecule has 0 amide bonds. The first kappa shape index (κ1) is 17.7. The van der Waals surface area contributed by atoms with Crippen molar-refractivity contribution >= 4 is 0 Å². The molecular formula is C22H22F2N2O. The molecule has 1 aliphatic heterocycles. The average Bonchev–Trinajstić information content (AvgIpc) is 3.02. The fourth-order valence-electron chi connectivity index (χ4n) is 3.93. The maximum absolute atomic E-state index is 14.0. The van der Waals surface area contributed by atoms with E-state index in [9.17, 15) is 13.9 Å². The Morgan fingerprint density at radius 1 is 1.04 bits per heavy atom. The maximum Gasteiger partial charge on any atom is 0.159 e. The molecule has 1 N–H and O–H groups in total. The molecule has 1 aliphatic rings. The van der Waals surface area contributed by atoms with Crippen LogP contribution >= 0.6 is 0 Å². The van der Waals surface area contributed by atoms with Crippen molar-refractivity contribution in [1.29, 1.82) is 0 Å². The number of aryl methyl sites for hydroxylation is 2. The third kappa shape index (κ3) is 3.47. The lowest BCUT2D eigenvalue weighted by atomic mass is 10.00. The van der Waals surface area contributed by atoms with Crippen LogP contribution in [0.3, 0.4) is 0 Å². The van der Waals surface area contributed by atoms with Gasteiger partial charge in [-0.2, -0.15) is 0 Å². The van der Waals surface area contributed by atoms with Crippen LogP contribution in [0.2, 0.25) is 0 Å². The second-order valence-corrected chi connectivity index (χ2v) is 7.16. The van der Waals surface area contributed by atoms with E-state index in [1.54, 1.807) is 12.1 Å². The molecule has 0 aliphatic carbocycles. The summed E-state index contributed by atoms with van der Waals surface area (Å²) in [7, 11) is 0. The Hall–Kier alpha value is -2.66. The summed E-state index contributed by atoms with van der Waals surface area (Å²) < 4.78 is 29.6. The minimum absolute atomic E-state index is 0.211. The van der Waals surface area contributed by atoms with E-state index in [2.05, 4.69) is 9.47 Å². The van der Waals surface area contributed by atoms with Crippen LogP contribution in [-0.4, -0.2) is 21.1 Å². The average molecular weight is 368 g/mol. The van der Waals surface area contributed by atoms with Crippen LogP contribution in [-0.2, 0) is 13.1 Å². The van der Waals surface area contributed by atoms with Gasteiger partial charge in [0.25, 0.3) is 0 Å². The molecule has 4 rings (SSSR count). The van der Waals surface area contributed by atoms with Crippen LogP contribution in [0.1, 0.15) is 34.8 Å². The topological polar surface area (TPSA) is 28.4 Å². The third-order valence-electron chi connectivity index (χ3n) is 5.22. The van der Waals surface area contributed by atoms with Gasteiger partial charge in [-0.15, -0.1) is 0 Å². The van der Waals surface area contributed by atoms with Crippen LogP contribution in [0.5, 0.6) is 5.75 Å². The predicted octanol–water partition coefficient (Wildman–Crippen LogP) is 4.78. The Kier molecular flexibility index (Phi) is 4.70. The Morgan fingerprint density at radius 2 is 1.89 bits per heavy atom. The lowest BCUT2D eigenvalue weighted by Gasteiger charge is -2.31. The summed E-state index contributed by atoms with van der Waals surface area (Å²) >= 11 is 0. The quantitative estimate of drug-likeness (QED) is 0.721. The lowest BCUT2D eigenvalue weighted by Crippen LogP contribution is -2.29. The molecule has 0 spiro atoms. The normalized spacial score (nSPS) is 17.5. The first-order valence-electron chi connectivity index (χ1n) is 9.15. The lowest BCUT2D eigenvalue weighted by molar-refractivity contribution is 0.217. The third-order valence-corrected chi connectivity index (χ3v) is 5.22. The van der Waals surface area contributed by atoms with Gasteiger partial charge in [0.1, 0.15) is 5.75 Å². The largest absolute Gasteiger partial charge is 0.508 e. The molecular weight excluding hydrogens is 346 g/mol. The van der Waals surface area contributed by atoms with Crippen molar-refractivity contribution in [2.45, 2.75) is 32.5 Å². The van der Waals surface area contributed by atoms with Crippen molar-refractivity contribution in [3.8, 4) is 5.75 Å². The predicted molar refractivity (Wildman–Crippen MR) is 101 cm³/mol. The number of nitrogens with zero attached hydrogens (tertiary/aromatic N) is 2. The standard InChI is InChI=1S/C22H22F2N2O/c1-15-5-8-21(27)17(12-15)14-26-11-3-10-25-9-2-4-20(25)22(26)16-6-7-18(23)19(24)13-16/h2,4-9,12-13,22,27H,3,10-11,14H2,1H3/t22-/m1/s1. The Balaban J connectivity index is 1.78. The van der Waals surface area contributed by atoms with E-state index in [0.717, 1.165) is 36.3 Å². The molecule has 0 bridgehead atoms. The Labute approximate surface area is 157 Å². The van der Waals surface area contributed by atoms with Gasteiger partial charge >= 0.3 is 0 Å². The van der Waals surface area contributed by atoms with Crippen molar-refractivity contribution in [1.82, 2.24) is 9.47 Å². The van der Waals surface area contributed by atoms with Gasteiger partial charge in [0.2, 0.25) is 0 Å². The molecule has 5 heteroatoms. The molecule has 0 fully saturated rings. The number of rotatable bonds is 3. The number of aromatic hydroxyl groups is 1. The molecule has 0 saturated carbocycles. The smallest absolute Gasteiger partial charge is 0.159 e. The molecule has 3 nitrogen and oxygen atoms in total. The van der Waals surface area contributed by atoms with Gasteiger partial charge in [0, 0.05) is 37.1 Å². The number of hydrogen-bond donors (Lipinski definition) is 1. The summed E-state index contributed by atoms with van der Waals surface area (Å²) in [4.78, 5) is 2.22. The number of hydrogen-bond acceptors (Lipinski definition) is 2. The van der Waals surface area contributed by atoms with Gasteiger partial charge in [-0.05, 0) is 49.2 Å². The molecule has 140 valence electrons. The van der Waals surface area contributed by atoms with E-state index in [4.69, 9.17) is 0 Å². The van der Waals surface area contributed by atoms with Crippen molar-refractivity contribution < 1.29 is 13.9 Å². The zero-order valence-electron chi connectivity index (χ0n) is 15.2. The molecule has 3 aromatic rings. The molecule has 2 aromatic carbocycles. The Bertz CT molecular complexity index is 967. The first-order chi connectivity index (χ1) is 13.0. The van der Waals surface area contributed by atoms with Crippen LogP contribution in [0.25, 0.3) is 0 Å². The fourth-order valence-corrected chi connectivity index (χ4v) is 3.93. The molecule has 1 aromatic heterocycles. The zero-order chi connectivity index (χ0) is 19.0. The first-order valence-corrected chi connectivity index (χ1v) is 9.15. The van der Waals surface area contributed by atoms with Crippen molar-refractivity contribution in [2.24, 2.45) is 0 Å². The molecule has 0 unspecified atom stereocenters. The SMILES string of the molecule is Cc1ccc(O)c(CN2CCCn3cccc3[C@H]2c2ccc(F)c(F)c2)c1. The summed E-state index contributed by atoms with van der Waals surface area (Å²) in [5.41, 5.74) is 3.67. The molecule has 0 saturated heterocycles. The van der Waals surface area contributed by atoms with Crippen molar-refractivity contribution in [3.63, 3.8) is 0 Å². The highest BCUT2D eigenvalue weighted by Gasteiger charge is 2.28. The molecule has 27 heavy (non-hydrogen) atoms. The molecule has 0 radical (unpaired) electrons. The number of fused-ring (bicyclic) bond motifs is 1. The van der Waals surface area contributed by atoms with Gasteiger partial charge in [-0.25, -0.2) is 8.78 Å². The Morgan fingerprint density at radius 3 is 2.70 bits per heavy atom. The van der Waals surface area contributed by atoms with Crippen LogP contribution in [0.4, 0.5) is 8.78 Å². The van der Waals surface area contributed by atoms with Crippen LogP contribution in [0, 0.1) is 18.6 Å². The monoisotopic (exact) mass is 368 g/mol. The maximum atomic E-state index is 14.0. The van der Waals surface area contributed by atoms with E-state index in [1.807, 2.05) is 37.4 Å². The van der Waals surface area contributed by atoms with E-state index in [-0.39, 0.29) is 11.8 Å². The second-order valence-electron chi connectivity index (χ2n) is 7.16. The summed E-state index contributed by atoms with van der Waals surface area (Å²) in [6, 6.07) is 13.5. The summed E-state index contributed by atoms with van der Waals surface area (Å²) in [6.07, 6.45) is 2.96. The second kappa shape index (κ2) is 7.16. The van der Waals surface area contributed by atoms with E-state index in [0.29, 0.717) is 12.1 Å². The summed E-state index contributed by atoms with van der Waals surface area (Å²) in [5, 5.41) is 10.3. The number of phenols is 1. The number of aromatic nitrogens is 1. The van der Waals surface area contributed by atoms with Crippen LogP contribution < -0.4 is 0 Å². The molecule has 1 atom stereocenters. The van der Waals surface area contributed by atoms with Gasteiger partial charge in [0.05, 0.1) is 6.04 Å². The van der Waals surface area contributed by atoms with E-state index < -0.39 is 11.6 Å². The number of benzene rings is 2. The van der Waals surface area contributed by atoms with E-state index in [1.165, 1.54) is 12.1 Å². The van der Waals surface area contributed by atoms with Gasteiger partial charge in [-0.1, -0.05) is 23.8 Å².